The highest BCUT2D eigenvalue weighted by Gasteiger charge is 2.18. The van der Waals surface area contributed by atoms with Gasteiger partial charge in [-0.05, 0) is 18.2 Å². The number of benzene rings is 2. The fourth-order valence-corrected chi connectivity index (χ4v) is 2.66. The van der Waals surface area contributed by atoms with Crippen molar-refractivity contribution in [3.63, 3.8) is 0 Å². The molecule has 2 aromatic carbocycles. The van der Waals surface area contributed by atoms with Crippen LogP contribution < -0.4 is 0 Å². The molecule has 0 unspecified atom stereocenters. The van der Waals surface area contributed by atoms with Gasteiger partial charge in [-0.1, -0.05) is 58.7 Å². The number of rotatable bonds is 4. The summed E-state index contributed by atoms with van der Waals surface area (Å²) in [6.07, 6.45) is 0. The first-order chi connectivity index (χ1) is 11.5. The van der Waals surface area contributed by atoms with Crippen LogP contribution in [0.25, 0.3) is 11.4 Å². The first kappa shape index (κ1) is 16.5. The number of aromatic nitrogens is 2. The second-order valence-electron chi connectivity index (χ2n) is 5.16. The Hall–Kier alpha value is -2.37. The zero-order valence-corrected chi connectivity index (χ0v) is 14.3. The Morgan fingerprint density at radius 1 is 1.17 bits per heavy atom. The summed E-state index contributed by atoms with van der Waals surface area (Å²) in [7, 11) is 1.64. The Morgan fingerprint density at radius 3 is 2.62 bits per heavy atom. The van der Waals surface area contributed by atoms with Crippen LogP contribution in [0.1, 0.15) is 16.2 Å². The van der Waals surface area contributed by atoms with Crippen LogP contribution in [0.4, 0.5) is 0 Å². The van der Waals surface area contributed by atoms with Crippen molar-refractivity contribution < 1.29 is 9.32 Å². The lowest BCUT2D eigenvalue weighted by Crippen LogP contribution is -2.26. The van der Waals surface area contributed by atoms with Gasteiger partial charge in [0.25, 0.3) is 5.91 Å². The minimum Gasteiger partial charge on any atom is -0.337 e. The van der Waals surface area contributed by atoms with Gasteiger partial charge in [0, 0.05) is 17.6 Å². The van der Waals surface area contributed by atoms with Gasteiger partial charge in [-0.15, -0.1) is 0 Å². The van der Waals surface area contributed by atoms with Crippen molar-refractivity contribution in [3.8, 4) is 11.4 Å². The quantitative estimate of drug-likeness (QED) is 0.694. The minimum atomic E-state index is -0.254. The van der Waals surface area contributed by atoms with E-state index >= 15 is 0 Å². The van der Waals surface area contributed by atoms with Crippen molar-refractivity contribution in [1.82, 2.24) is 15.0 Å². The molecule has 0 aliphatic heterocycles. The molecule has 0 N–H and O–H groups in total. The van der Waals surface area contributed by atoms with Crippen LogP contribution in [-0.4, -0.2) is 28.0 Å². The average molecular weight is 362 g/mol. The van der Waals surface area contributed by atoms with Crippen LogP contribution in [0.5, 0.6) is 0 Å². The van der Waals surface area contributed by atoms with Crippen LogP contribution in [0.15, 0.2) is 53.1 Å². The highest BCUT2D eigenvalue weighted by Crippen LogP contribution is 2.22. The number of halogens is 2. The van der Waals surface area contributed by atoms with Gasteiger partial charge >= 0.3 is 0 Å². The van der Waals surface area contributed by atoms with Crippen LogP contribution in [-0.2, 0) is 6.54 Å². The third-order valence-corrected chi connectivity index (χ3v) is 3.93. The highest BCUT2D eigenvalue weighted by atomic mass is 35.5. The van der Waals surface area contributed by atoms with Crippen molar-refractivity contribution in [1.29, 1.82) is 0 Å². The second kappa shape index (κ2) is 7.03. The van der Waals surface area contributed by atoms with Gasteiger partial charge in [-0.3, -0.25) is 4.79 Å². The zero-order chi connectivity index (χ0) is 17.1. The molecule has 3 aromatic rings. The van der Waals surface area contributed by atoms with E-state index in [0.717, 1.165) is 5.56 Å². The molecule has 0 atom stereocenters. The van der Waals surface area contributed by atoms with Gasteiger partial charge < -0.3 is 9.42 Å². The van der Waals surface area contributed by atoms with Crippen molar-refractivity contribution in [2.24, 2.45) is 0 Å². The van der Waals surface area contributed by atoms with Crippen LogP contribution >= 0.6 is 23.2 Å². The number of nitrogens with zero attached hydrogens (tertiary/aromatic N) is 3. The lowest BCUT2D eigenvalue weighted by molar-refractivity contribution is 0.0770. The van der Waals surface area contributed by atoms with E-state index in [1.807, 2.05) is 30.3 Å². The van der Waals surface area contributed by atoms with Crippen molar-refractivity contribution >= 4 is 29.1 Å². The molecule has 122 valence electrons. The van der Waals surface area contributed by atoms with E-state index in [2.05, 4.69) is 10.1 Å². The summed E-state index contributed by atoms with van der Waals surface area (Å²) < 4.78 is 5.22. The number of carbonyl (C=O) groups is 1. The summed E-state index contributed by atoms with van der Waals surface area (Å²) in [5.74, 6) is 0.571. The van der Waals surface area contributed by atoms with Gasteiger partial charge in [-0.2, -0.15) is 4.98 Å². The lowest BCUT2D eigenvalue weighted by Gasteiger charge is -2.15. The maximum atomic E-state index is 12.5. The molecule has 1 amide bonds. The van der Waals surface area contributed by atoms with Gasteiger partial charge in [-0.25, -0.2) is 0 Å². The molecule has 1 heterocycles. The first-order valence-corrected chi connectivity index (χ1v) is 7.88. The molecule has 0 saturated carbocycles. The van der Waals surface area contributed by atoms with Crippen LogP contribution in [0, 0.1) is 0 Å². The average Bonchev–Trinajstić information content (AvgIpc) is 3.03. The summed E-state index contributed by atoms with van der Waals surface area (Å²) in [5, 5.41) is 4.71. The Labute approximate surface area is 148 Å². The third kappa shape index (κ3) is 3.58. The SMILES string of the molecule is CN(Cc1nc(-c2ccccc2)no1)C(=O)c1ccc(Cl)cc1Cl. The predicted octanol–water partition coefficient (Wildman–Crippen LogP) is 4.32. The van der Waals surface area contributed by atoms with Crippen molar-refractivity contribution in [2.75, 3.05) is 7.05 Å². The fourth-order valence-electron chi connectivity index (χ4n) is 2.17. The second-order valence-corrected chi connectivity index (χ2v) is 6.01. The molecule has 5 nitrogen and oxygen atoms in total. The predicted molar refractivity (Wildman–Crippen MR) is 92.0 cm³/mol. The molecule has 0 bridgehead atoms. The Morgan fingerprint density at radius 2 is 1.92 bits per heavy atom. The van der Waals surface area contributed by atoms with Crippen molar-refractivity contribution in [3.05, 3.63) is 70.0 Å². The maximum absolute atomic E-state index is 12.5. The monoisotopic (exact) mass is 361 g/mol. The topological polar surface area (TPSA) is 59.2 Å². The number of amides is 1. The lowest BCUT2D eigenvalue weighted by atomic mass is 10.2. The van der Waals surface area contributed by atoms with Crippen molar-refractivity contribution in [2.45, 2.75) is 6.54 Å². The molecule has 0 saturated heterocycles. The Bertz CT molecular complexity index is 865. The summed E-state index contributed by atoms with van der Waals surface area (Å²) >= 11 is 11.9. The highest BCUT2D eigenvalue weighted by molar-refractivity contribution is 6.36. The number of carbonyl (C=O) groups excluding carboxylic acids is 1. The van der Waals surface area contributed by atoms with E-state index in [1.165, 1.54) is 11.0 Å². The van der Waals surface area contributed by atoms with E-state index in [4.69, 9.17) is 27.7 Å². The molecule has 3 rings (SSSR count). The molecule has 0 radical (unpaired) electrons. The normalized spacial score (nSPS) is 10.6. The first-order valence-electron chi connectivity index (χ1n) is 7.13. The molecular weight excluding hydrogens is 349 g/mol. The molecule has 0 aliphatic rings. The number of hydrogen-bond acceptors (Lipinski definition) is 4. The van der Waals surface area contributed by atoms with E-state index in [0.29, 0.717) is 27.3 Å². The van der Waals surface area contributed by atoms with Crippen LogP contribution in [0.3, 0.4) is 0 Å². The zero-order valence-electron chi connectivity index (χ0n) is 12.7. The fraction of sp³-hybridized carbons (Fsp3) is 0.118. The smallest absolute Gasteiger partial charge is 0.255 e. The minimum absolute atomic E-state index is 0.178. The van der Waals surface area contributed by atoms with E-state index in [9.17, 15) is 4.79 Å². The summed E-state index contributed by atoms with van der Waals surface area (Å²) in [6, 6.07) is 14.2. The molecule has 24 heavy (non-hydrogen) atoms. The summed E-state index contributed by atoms with van der Waals surface area (Å²) in [5.41, 5.74) is 1.22. The molecule has 0 aliphatic carbocycles. The van der Waals surface area contributed by atoms with Gasteiger partial charge in [0.1, 0.15) is 0 Å². The Kier molecular flexibility index (Phi) is 4.83. The summed E-state index contributed by atoms with van der Waals surface area (Å²) in [4.78, 5) is 18.2. The molecular formula is C17H13Cl2N3O2. The molecule has 1 aromatic heterocycles. The van der Waals surface area contributed by atoms with Crippen LogP contribution in [0.2, 0.25) is 10.0 Å². The third-order valence-electron chi connectivity index (χ3n) is 3.38. The Balaban J connectivity index is 1.74. The largest absolute Gasteiger partial charge is 0.337 e. The van der Waals surface area contributed by atoms with Gasteiger partial charge in [0.05, 0.1) is 17.1 Å². The number of hydrogen-bond donors (Lipinski definition) is 0. The maximum Gasteiger partial charge on any atom is 0.255 e. The molecule has 0 fully saturated rings. The van der Waals surface area contributed by atoms with Gasteiger partial charge in [0.15, 0.2) is 0 Å². The van der Waals surface area contributed by atoms with E-state index in [1.54, 1.807) is 19.2 Å². The van der Waals surface area contributed by atoms with E-state index in [-0.39, 0.29) is 12.5 Å². The van der Waals surface area contributed by atoms with Gasteiger partial charge in [0.2, 0.25) is 11.7 Å². The standard InChI is InChI=1S/C17H13Cl2N3O2/c1-22(17(23)13-8-7-12(18)9-14(13)19)10-15-20-16(21-24-15)11-5-3-2-4-6-11/h2-9H,10H2,1H3. The molecule has 7 heteroatoms. The molecule has 0 spiro atoms. The summed E-state index contributed by atoms with van der Waals surface area (Å²) in [6.45, 7) is 0.178. The van der Waals surface area contributed by atoms with E-state index < -0.39 is 0 Å².